The van der Waals surface area contributed by atoms with Gasteiger partial charge in [-0.1, -0.05) is 146 Å². The highest BCUT2D eigenvalue weighted by atomic mass is 16.6. The summed E-state index contributed by atoms with van der Waals surface area (Å²) in [5.41, 5.74) is 8.50. The number of carbonyl (C=O) groups excluding carboxylic acids is 1. The minimum atomic E-state index is -0.635. The maximum Gasteiger partial charge on any atom is 0.338 e. The van der Waals surface area contributed by atoms with Gasteiger partial charge in [0.2, 0.25) is 0 Å². The Morgan fingerprint density at radius 3 is 1.62 bits per heavy atom. The fraction of sp³-hybridized carbons (Fsp3) is 0.291. The molecule has 1 saturated heterocycles. The molecular formula is C55H57NO7. The summed E-state index contributed by atoms with van der Waals surface area (Å²) in [7, 11) is 0. The Balaban J connectivity index is 1.19. The Morgan fingerprint density at radius 1 is 0.571 bits per heavy atom. The number of aromatic nitrogens is 1. The van der Waals surface area contributed by atoms with E-state index in [-0.39, 0.29) is 12.6 Å². The van der Waals surface area contributed by atoms with E-state index < -0.39 is 36.2 Å². The molecule has 0 saturated carbocycles. The minimum absolute atomic E-state index is 0.260. The summed E-state index contributed by atoms with van der Waals surface area (Å²) in [4.78, 5) is 12.9. The van der Waals surface area contributed by atoms with Crippen LogP contribution in [-0.4, -0.2) is 47.2 Å². The fourth-order valence-electron chi connectivity index (χ4n) is 8.24. The van der Waals surface area contributed by atoms with Crippen LogP contribution in [0.4, 0.5) is 0 Å². The van der Waals surface area contributed by atoms with E-state index in [0.29, 0.717) is 38.4 Å². The molecule has 6 aromatic carbocycles. The van der Waals surface area contributed by atoms with E-state index >= 15 is 0 Å². The monoisotopic (exact) mass is 843 g/mol. The number of fused-ring (bicyclic) bond motifs is 1. The lowest BCUT2D eigenvalue weighted by Crippen LogP contribution is -2.59. The smallest absolute Gasteiger partial charge is 0.338 e. The van der Waals surface area contributed by atoms with Crippen LogP contribution in [0.1, 0.15) is 76.3 Å². The zero-order valence-corrected chi connectivity index (χ0v) is 36.6. The Kier molecular flexibility index (Phi) is 14.3. The van der Waals surface area contributed by atoms with Gasteiger partial charge in [-0.25, -0.2) is 4.79 Å². The van der Waals surface area contributed by atoms with Gasteiger partial charge in [0.05, 0.1) is 44.1 Å². The van der Waals surface area contributed by atoms with Gasteiger partial charge in [0, 0.05) is 11.6 Å². The van der Waals surface area contributed by atoms with Crippen LogP contribution in [-0.2, 0) is 61.3 Å². The van der Waals surface area contributed by atoms with Gasteiger partial charge in [-0.3, -0.25) is 0 Å². The van der Waals surface area contributed by atoms with Crippen LogP contribution in [0.2, 0.25) is 0 Å². The number of hydrogen-bond acceptors (Lipinski definition) is 7. The summed E-state index contributed by atoms with van der Waals surface area (Å²) in [6.07, 6.45) is -0.0939. The first-order valence-electron chi connectivity index (χ1n) is 21.8. The zero-order valence-electron chi connectivity index (χ0n) is 36.6. The molecule has 0 aliphatic carbocycles. The third-order valence-corrected chi connectivity index (χ3v) is 11.3. The molecule has 0 bridgehead atoms. The summed E-state index contributed by atoms with van der Waals surface area (Å²) in [6, 6.07) is 54.9. The van der Waals surface area contributed by atoms with Crippen molar-refractivity contribution >= 4 is 16.9 Å². The fourth-order valence-corrected chi connectivity index (χ4v) is 8.24. The second-order valence-electron chi connectivity index (χ2n) is 17.3. The molecule has 5 atom stereocenters. The third-order valence-electron chi connectivity index (χ3n) is 11.3. The normalized spacial score (nSPS) is 19.0. The maximum absolute atomic E-state index is 12.9. The van der Waals surface area contributed by atoms with Crippen LogP contribution in [0.25, 0.3) is 10.9 Å². The van der Waals surface area contributed by atoms with E-state index in [4.69, 9.17) is 28.4 Å². The van der Waals surface area contributed by atoms with E-state index in [1.807, 2.05) is 118 Å². The first-order chi connectivity index (χ1) is 30.7. The molecule has 8 heteroatoms. The second-order valence-corrected chi connectivity index (χ2v) is 17.3. The standard InChI is InChI=1S/C55H57NO7/c1-39-18-17-27-47-49(39)46(32-40-28-30-45(31-29-40)54(57)63-55(2,3)4)33-56(47)53-52(61-37-44-25-15-8-16-26-44)51(60-36-43-23-13-7-14-24-43)50(59-35-42-21-11-6-12-22-42)48(62-53)38-58-34-41-19-9-5-10-20-41/h5-31,33,48,50-53H,32,34-38H2,1-4H3/t48-,50-,51+,52-,53-/m1/s1. The van der Waals surface area contributed by atoms with Crippen LogP contribution in [0, 0.1) is 6.92 Å². The number of rotatable bonds is 17. The predicted octanol–water partition coefficient (Wildman–Crippen LogP) is 11.4. The molecule has 324 valence electrons. The molecule has 63 heavy (non-hydrogen) atoms. The molecule has 1 fully saturated rings. The van der Waals surface area contributed by atoms with E-state index in [1.165, 1.54) is 0 Å². The quantitative estimate of drug-likeness (QED) is 0.0845. The summed E-state index contributed by atoms with van der Waals surface area (Å²) in [6.45, 7) is 9.49. The molecule has 1 aromatic heterocycles. The van der Waals surface area contributed by atoms with Gasteiger partial charge >= 0.3 is 5.97 Å². The molecule has 0 amide bonds. The van der Waals surface area contributed by atoms with Crippen molar-refractivity contribution in [3.8, 4) is 0 Å². The van der Waals surface area contributed by atoms with Crippen molar-refractivity contribution in [2.45, 2.75) is 96.8 Å². The molecule has 8 rings (SSSR count). The molecule has 0 spiro atoms. The largest absolute Gasteiger partial charge is 0.456 e. The molecule has 1 aliphatic rings. The van der Waals surface area contributed by atoms with Gasteiger partial charge in [-0.15, -0.1) is 0 Å². The van der Waals surface area contributed by atoms with Crippen LogP contribution in [0.3, 0.4) is 0 Å². The molecule has 2 heterocycles. The summed E-state index contributed by atoms with van der Waals surface area (Å²) >= 11 is 0. The molecule has 0 unspecified atom stereocenters. The summed E-state index contributed by atoms with van der Waals surface area (Å²) in [5, 5.41) is 1.14. The van der Waals surface area contributed by atoms with Crippen LogP contribution in [0.15, 0.2) is 170 Å². The SMILES string of the molecule is Cc1cccc2c1c(Cc1ccc(C(=O)OC(C)(C)C)cc1)cn2[C@@H]1O[C@H](COCc2ccccc2)[C@@H](OCc2ccccc2)[C@H](OCc2ccccc2)[C@H]1OCc1ccccc1. The minimum Gasteiger partial charge on any atom is -0.456 e. The number of ether oxygens (including phenoxy) is 6. The Bertz CT molecular complexity index is 2500. The maximum atomic E-state index is 12.9. The number of hydrogen-bond donors (Lipinski definition) is 0. The van der Waals surface area contributed by atoms with Gasteiger partial charge in [0.1, 0.15) is 30.0 Å². The Morgan fingerprint density at radius 2 is 1.08 bits per heavy atom. The number of benzene rings is 6. The zero-order chi connectivity index (χ0) is 43.6. The molecule has 1 aliphatic heterocycles. The number of nitrogens with zero attached hydrogens (tertiary/aromatic N) is 1. The Hall–Kier alpha value is -5.87. The average Bonchev–Trinajstić information content (AvgIpc) is 3.67. The van der Waals surface area contributed by atoms with Gasteiger partial charge in [-0.05, 0) is 91.3 Å². The Labute approximate surface area is 371 Å². The van der Waals surface area contributed by atoms with Gasteiger partial charge < -0.3 is 33.0 Å². The molecule has 0 radical (unpaired) electrons. The van der Waals surface area contributed by atoms with E-state index in [1.54, 1.807) is 0 Å². The van der Waals surface area contributed by atoms with Crippen LogP contribution >= 0.6 is 0 Å². The molecule has 7 aromatic rings. The first kappa shape index (κ1) is 43.8. The molecule has 0 N–H and O–H groups in total. The van der Waals surface area contributed by atoms with Gasteiger partial charge in [0.15, 0.2) is 6.23 Å². The number of aryl methyl sites for hydroxylation is 1. The van der Waals surface area contributed by atoms with Gasteiger partial charge in [0.25, 0.3) is 0 Å². The lowest BCUT2D eigenvalue weighted by molar-refractivity contribution is -0.289. The first-order valence-corrected chi connectivity index (χ1v) is 21.8. The predicted molar refractivity (Wildman–Crippen MR) is 246 cm³/mol. The highest BCUT2D eigenvalue weighted by molar-refractivity contribution is 5.90. The lowest BCUT2D eigenvalue weighted by Gasteiger charge is -2.46. The van der Waals surface area contributed by atoms with Crippen molar-refractivity contribution in [2.75, 3.05) is 6.61 Å². The van der Waals surface area contributed by atoms with Crippen molar-refractivity contribution in [1.29, 1.82) is 0 Å². The highest BCUT2D eigenvalue weighted by Gasteiger charge is 2.49. The van der Waals surface area contributed by atoms with E-state index in [2.05, 4.69) is 84.4 Å². The third kappa shape index (κ3) is 11.4. The number of carbonyl (C=O) groups is 1. The topological polar surface area (TPSA) is 77.4 Å². The van der Waals surface area contributed by atoms with Gasteiger partial charge in [-0.2, -0.15) is 0 Å². The highest BCUT2D eigenvalue weighted by Crippen LogP contribution is 2.39. The van der Waals surface area contributed by atoms with Crippen LogP contribution in [0.5, 0.6) is 0 Å². The summed E-state index contributed by atoms with van der Waals surface area (Å²) < 4.78 is 42.8. The molecule has 8 nitrogen and oxygen atoms in total. The van der Waals surface area contributed by atoms with Crippen molar-refractivity contribution in [3.63, 3.8) is 0 Å². The number of esters is 1. The van der Waals surface area contributed by atoms with Crippen molar-refractivity contribution in [2.24, 2.45) is 0 Å². The molecular weight excluding hydrogens is 787 g/mol. The second kappa shape index (κ2) is 20.5. The van der Waals surface area contributed by atoms with Crippen molar-refractivity contribution in [1.82, 2.24) is 4.57 Å². The van der Waals surface area contributed by atoms with E-state index in [0.717, 1.165) is 49.8 Å². The lowest BCUT2D eigenvalue weighted by atomic mass is 9.96. The van der Waals surface area contributed by atoms with Crippen LogP contribution < -0.4 is 0 Å². The van der Waals surface area contributed by atoms with E-state index in [9.17, 15) is 4.79 Å². The van der Waals surface area contributed by atoms with Crippen molar-refractivity contribution < 1.29 is 33.2 Å². The summed E-state index contributed by atoms with van der Waals surface area (Å²) in [5.74, 6) is -0.338. The van der Waals surface area contributed by atoms with Crippen molar-refractivity contribution in [3.05, 3.63) is 214 Å². The average molecular weight is 844 g/mol.